The van der Waals surface area contributed by atoms with Crippen LogP contribution in [0.1, 0.15) is 34.1 Å². The van der Waals surface area contributed by atoms with Crippen molar-refractivity contribution >= 4 is 12.0 Å². The van der Waals surface area contributed by atoms with Gasteiger partial charge in [0, 0.05) is 13.2 Å². The van der Waals surface area contributed by atoms with Gasteiger partial charge in [0.1, 0.15) is 0 Å². The third-order valence-corrected chi connectivity index (χ3v) is 2.47. The number of urea groups is 1. The summed E-state index contributed by atoms with van der Waals surface area (Å²) in [4.78, 5) is 22.5. The molecule has 0 bridgehead atoms. The van der Waals surface area contributed by atoms with E-state index in [1.54, 1.807) is 7.11 Å². The van der Waals surface area contributed by atoms with Crippen LogP contribution in [0, 0.1) is 5.92 Å². The molecule has 0 aliphatic heterocycles. The smallest absolute Gasteiger partial charge is 0.315 e. The van der Waals surface area contributed by atoms with E-state index >= 15 is 0 Å². The van der Waals surface area contributed by atoms with Gasteiger partial charge in [-0.1, -0.05) is 13.8 Å². The molecule has 1 unspecified atom stereocenters. The van der Waals surface area contributed by atoms with Crippen molar-refractivity contribution in [1.29, 1.82) is 0 Å². The molecule has 0 aliphatic carbocycles. The van der Waals surface area contributed by atoms with E-state index in [9.17, 15) is 9.59 Å². The molecule has 0 aromatic rings. The molecular weight excluding hydrogens is 236 g/mol. The number of carboxylic acids is 1. The maximum atomic E-state index is 11.8. The lowest BCUT2D eigenvalue weighted by Gasteiger charge is -2.28. The summed E-state index contributed by atoms with van der Waals surface area (Å²) in [5, 5.41) is 14.2. The molecule has 3 N–H and O–H groups in total. The Bertz CT molecular complexity index is 290. The lowest BCUT2D eigenvalue weighted by Crippen LogP contribution is -2.54. The summed E-state index contributed by atoms with van der Waals surface area (Å²) in [6.07, 6.45) is -0.0875. The van der Waals surface area contributed by atoms with E-state index in [1.807, 2.05) is 27.7 Å². The highest BCUT2D eigenvalue weighted by Gasteiger charge is 2.24. The standard InChI is InChI=1S/C12H24N2O4/c1-8(2)9(6-10(15)16)13-11(17)14-12(3,4)7-18-5/h8-9H,6-7H2,1-5H3,(H,15,16)(H2,13,14,17). The number of nitrogens with one attached hydrogen (secondary N) is 2. The van der Waals surface area contributed by atoms with Crippen LogP contribution in [0.25, 0.3) is 0 Å². The second-order valence-electron chi connectivity index (χ2n) is 5.36. The SMILES string of the molecule is COCC(C)(C)NC(=O)NC(CC(=O)O)C(C)C. The van der Waals surface area contributed by atoms with E-state index < -0.39 is 11.5 Å². The van der Waals surface area contributed by atoms with E-state index in [4.69, 9.17) is 9.84 Å². The highest BCUT2D eigenvalue weighted by molar-refractivity contribution is 5.76. The zero-order chi connectivity index (χ0) is 14.3. The number of rotatable bonds is 7. The van der Waals surface area contributed by atoms with Crippen LogP contribution in [0.3, 0.4) is 0 Å². The third kappa shape index (κ3) is 7.11. The lowest BCUT2D eigenvalue weighted by molar-refractivity contribution is -0.137. The van der Waals surface area contributed by atoms with Gasteiger partial charge >= 0.3 is 12.0 Å². The summed E-state index contributed by atoms with van der Waals surface area (Å²) < 4.78 is 4.99. The first kappa shape index (κ1) is 16.7. The Hall–Kier alpha value is -1.30. The average Bonchev–Trinajstić information content (AvgIpc) is 2.14. The Morgan fingerprint density at radius 1 is 1.33 bits per heavy atom. The quantitative estimate of drug-likeness (QED) is 0.642. The molecule has 18 heavy (non-hydrogen) atoms. The topological polar surface area (TPSA) is 87.7 Å². The minimum atomic E-state index is -0.926. The normalized spacial score (nSPS) is 13.2. The summed E-state index contributed by atoms with van der Waals surface area (Å²) in [6.45, 7) is 7.78. The highest BCUT2D eigenvalue weighted by Crippen LogP contribution is 2.07. The molecule has 0 heterocycles. The Kier molecular flexibility index (Phi) is 6.68. The summed E-state index contributed by atoms with van der Waals surface area (Å²) in [5.74, 6) is -0.873. The zero-order valence-electron chi connectivity index (χ0n) is 11.7. The Morgan fingerprint density at radius 3 is 2.28 bits per heavy atom. The van der Waals surface area contributed by atoms with Crippen molar-refractivity contribution in [3.05, 3.63) is 0 Å². The fourth-order valence-corrected chi connectivity index (χ4v) is 1.55. The summed E-state index contributed by atoms with van der Waals surface area (Å²) >= 11 is 0. The number of aliphatic carboxylic acids is 1. The predicted octanol–water partition coefficient (Wildman–Crippen LogP) is 1.21. The maximum Gasteiger partial charge on any atom is 0.315 e. The number of amides is 2. The number of carbonyl (C=O) groups excluding carboxylic acids is 1. The van der Waals surface area contributed by atoms with E-state index in [-0.39, 0.29) is 24.4 Å². The molecule has 6 nitrogen and oxygen atoms in total. The van der Waals surface area contributed by atoms with Crippen LogP contribution in [0.4, 0.5) is 4.79 Å². The van der Waals surface area contributed by atoms with Crippen LogP contribution in [0.15, 0.2) is 0 Å². The van der Waals surface area contributed by atoms with Gasteiger partial charge in [-0.05, 0) is 19.8 Å². The van der Waals surface area contributed by atoms with Crippen molar-refractivity contribution in [1.82, 2.24) is 10.6 Å². The minimum absolute atomic E-state index is 0.0531. The van der Waals surface area contributed by atoms with Gasteiger partial charge in [-0.25, -0.2) is 4.79 Å². The second-order valence-corrected chi connectivity index (χ2v) is 5.36. The van der Waals surface area contributed by atoms with Gasteiger partial charge in [0.25, 0.3) is 0 Å². The van der Waals surface area contributed by atoms with E-state index in [0.29, 0.717) is 6.61 Å². The van der Waals surface area contributed by atoms with Gasteiger partial charge in [0.05, 0.1) is 18.6 Å². The van der Waals surface area contributed by atoms with Gasteiger partial charge in [-0.3, -0.25) is 4.79 Å². The molecule has 0 spiro atoms. The van der Waals surface area contributed by atoms with Crippen LogP contribution in [-0.2, 0) is 9.53 Å². The molecule has 0 aromatic heterocycles. The van der Waals surface area contributed by atoms with Crippen LogP contribution in [-0.4, -0.2) is 42.4 Å². The minimum Gasteiger partial charge on any atom is -0.481 e. The van der Waals surface area contributed by atoms with E-state index in [0.717, 1.165) is 0 Å². The van der Waals surface area contributed by atoms with Crippen molar-refractivity contribution < 1.29 is 19.4 Å². The van der Waals surface area contributed by atoms with Crippen LogP contribution >= 0.6 is 0 Å². The lowest BCUT2D eigenvalue weighted by atomic mass is 10.0. The molecule has 0 saturated heterocycles. The maximum absolute atomic E-state index is 11.8. The van der Waals surface area contributed by atoms with Gasteiger partial charge in [0.2, 0.25) is 0 Å². The van der Waals surface area contributed by atoms with Crippen molar-refractivity contribution in [3.8, 4) is 0 Å². The Labute approximate surface area is 108 Å². The van der Waals surface area contributed by atoms with Gasteiger partial charge in [-0.15, -0.1) is 0 Å². The van der Waals surface area contributed by atoms with Crippen LogP contribution in [0.5, 0.6) is 0 Å². The molecule has 106 valence electrons. The fraction of sp³-hybridized carbons (Fsp3) is 0.833. The summed E-state index contributed by atoms with van der Waals surface area (Å²) in [7, 11) is 1.56. The molecular formula is C12H24N2O4. The first-order chi connectivity index (χ1) is 8.18. The molecule has 0 aromatic carbocycles. The van der Waals surface area contributed by atoms with E-state index in [1.165, 1.54) is 0 Å². The Morgan fingerprint density at radius 2 is 1.89 bits per heavy atom. The van der Waals surface area contributed by atoms with Crippen molar-refractivity contribution in [2.24, 2.45) is 5.92 Å². The van der Waals surface area contributed by atoms with Gasteiger partial charge in [-0.2, -0.15) is 0 Å². The number of hydrogen-bond acceptors (Lipinski definition) is 3. The van der Waals surface area contributed by atoms with E-state index in [2.05, 4.69) is 10.6 Å². The monoisotopic (exact) mass is 260 g/mol. The van der Waals surface area contributed by atoms with Crippen molar-refractivity contribution in [2.45, 2.75) is 45.7 Å². The van der Waals surface area contributed by atoms with Crippen molar-refractivity contribution in [3.63, 3.8) is 0 Å². The predicted molar refractivity (Wildman–Crippen MR) is 68.5 cm³/mol. The molecule has 0 aliphatic rings. The average molecular weight is 260 g/mol. The number of carbonyl (C=O) groups is 2. The first-order valence-corrected chi connectivity index (χ1v) is 5.97. The highest BCUT2D eigenvalue weighted by atomic mass is 16.5. The zero-order valence-corrected chi connectivity index (χ0v) is 11.7. The molecule has 6 heteroatoms. The number of methoxy groups -OCH3 is 1. The molecule has 0 radical (unpaired) electrons. The van der Waals surface area contributed by atoms with Crippen molar-refractivity contribution in [2.75, 3.05) is 13.7 Å². The molecule has 0 rings (SSSR count). The third-order valence-electron chi connectivity index (χ3n) is 2.47. The molecule has 0 saturated carbocycles. The van der Waals surface area contributed by atoms with Gasteiger partial charge in [0.15, 0.2) is 0 Å². The molecule has 0 fully saturated rings. The number of ether oxygens (including phenoxy) is 1. The van der Waals surface area contributed by atoms with Crippen LogP contribution in [0.2, 0.25) is 0 Å². The Balaban J connectivity index is 4.38. The largest absolute Gasteiger partial charge is 0.481 e. The number of hydrogen-bond donors (Lipinski definition) is 3. The second kappa shape index (κ2) is 7.20. The number of carboxylic acid groups (broad SMARTS) is 1. The molecule has 2 amide bonds. The van der Waals surface area contributed by atoms with Gasteiger partial charge < -0.3 is 20.5 Å². The first-order valence-electron chi connectivity index (χ1n) is 5.97. The summed E-state index contributed by atoms with van der Waals surface area (Å²) in [6, 6.07) is -0.766. The van der Waals surface area contributed by atoms with Crippen LogP contribution < -0.4 is 10.6 Å². The summed E-state index contributed by atoms with van der Waals surface area (Å²) in [5.41, 5.74) is -0.496. The molecule has 1 atom stereocenters. The fourth-order valence-electron chi connectivity index (χ4n) is 1.55.